The van der Waals surface area contributed by atoms with Crippen LogP contribution >= 0.6 is 0 Å². The molecule has 0 bridgehead atoms. The minimum Gasteiger partial charge on any atom is -0.366 e. The second-order valence-corrected chi connectivity index (χ2v) is 9.15. The van der Waals surface area contributed by atoms with Crippen LogP contribution in [0.25, 0.3) is 0 Å². The zero-order valence-corrected chi connectivity index (χ0v) is 22.1. The number of primary amides is 1. The fourth-order valence-corrected chi connectivity index (χ4v) is 3.89. The molecule has 1 aromatic rings. The lowest BCUT2D eigenvalue weighted by Crippen LogP contribution is -2.23. The Labute approximate surface area is 212 Å². The van der Waals surface area contributed by atoms with E-state index in [4.69, 9.17) is 10.5 Å². The number of benzene rings is 1. The topological polar surface area (TPSA) is 118 Å². The van der Waals surface area contributed by atoms with Crippen LogP contribution in [0, 0.1) is 0 Å². The molecule has 0 unspecified atom stereocenters. The molecule has 0 fully saturated rings. The van der Waals surface area contributed by atoms with Gasteiger partial charge in [-0.1, -0.05) is 44.6 Å². The van der Waals surface area contributed by atoms with E-state index < -0.39 is 5.91 Å². The number of amides is 2. The Morgan fingerprint density at radius 1 is 0.771 bits per heavy atom. The summed E-state index contributed by atoms with van der Waals surface area (Å²) in [5.41, 5.74) is 7.79. The van der Waals surface area contributed by atoms with Crippen molar-refractivity contribution in [1.29, 1.82) is 0 Å². The minimum atomic E-state index is -0.469. The van der Waals surface area contributed by atoms with Crippen molar-refractivity contribution in [2.24, 2.45) is 5.73 Å². The highest BCUT2D eigenvalue weighted by molar-refractivity contribution is 5.93. The van der Waals surface area contributed by atoms with Crippen LogP contribution in [-0.2, 0) is 22.6 Å². The van der Waals surface area contributed by atoms with Gasteiger partial charge >= 0.3 is 0 Å². The molecule has 0 saturated heterocycles. The third-order valence-electron chi connectivity index (χ3n) is 5.91. The fourth-order valence-electron chi connectivity index (χ4n) is 3.89. The van der Waals surface area contributed by atoms with Crippen LogP contribution in [0.5, 0.6) is 0 Å². The SMILES string of the molecule is CNCCCCCCCOCNCc1cc(CNC(=O)CCCCCCCNC)cc(C(N)=O)c1. The first-order chi connectivity index (χ1) is 17.1. The van der Waals surface area contributed by atoms with Crippen LogP contribution in [0.1, 0.15) is 92.1 Å². The molecule has 1 aromatic carbocycles. The summed E-state index contributed by atoms with van der Waals surface area (Å²) in [7, 11) is 3.95. The van der Waals surface area contributed by atoms with E-state index in [1.807, 2.05) is 20.2 Å². The first-order valence-corrected chi connectivity index (χ1v) is 13.3. The molecule has 2 amide bonds. The molecular weight excluding hydrogens is 442 g/mol. The highest BCUT2D eigenvalue weighted by Crippen LogP contribution is 2.11. The molecule has 0 heterocycles. The molecule has 0 aromatic heterocycles. The number of hydrogen-bond acceptors (Lipinski definition) is 6. The Hall–Kier alpha value is -2.00. The van der Waals surface area contributed by atoms with E-state index in [0.717, 1.165) is 56.5 Å². The van der Waals surface area contributed by atoms with Crippen molar-refractivity contribution in [3.05, 3.63) is 34.9 Å². The molecule has 8 nitrogen and oxygen atoms in total. The number of carbonyl (C=O) groups excluding carboxylic acids is 2. The summed E-state index contributed by atoms with van der Waals surface area (Å²) in [4.78, 5) is 23.9. The summed E-state index contributed by atoms with van der Waals surface area (Å²) in [6.45, 7) is 4.30. The molecule has 35 heavy (non-hydrogen) atoms. The van der Waals surface area contributed by atoms with Crippen molar-refractivity contribution < 1.29 is 14.3 Å². The average molecular weight is 492 g/mol. The monoisotopic (exact) mass is 491 g/mol. The van der Waals surface area contributed by atoms with E-state index in [1.165, 1.54) is 38.5 Å². The number of nitrogens with one attached hydrogen (secondary N) is 4. The van der Waals surface area contributed by atoms with Gasteiger partial charge in [-0.15, -0.1) is 0 Å². The van der Waals surface area contributed by atoms with Gasteiger partial charge < -0.3 is 26.4 Å². The molecule has 0 saturated carbocycles. The number of carbonyl (C=O) groups is 2. The summed E-state index contributed by atoms with van der Waals surface area (Å²) < 4.78 is 5.67. The van der Waals surface area contributed by atoms with Gasteiger partial charge in [0.2, 0.25) is 11.8 Å². The van der Waals surface area contributed by atoms with E-state index >= 15 is 0 Å². The standard InChI is InChI=1S/C27H49N5O3/c1-29-14-10-6-3-5-9-13-26(33)32-21-24-17-23(18-25(19-24)27(28)34)20-31-22-35-16-12-8-4-7-11-15-30-2/h17-19,29-31H,3-16,20-22H2,1-2H3,(H2,28,34)(H,32,33). The third kappa shape index (κ3) is 17.1. The summed E-state index contributed by atoms with van der Waals surface area (Å²) in [6, 6.07) is 5.54. The molecule has 0 atom stereocenters. The van der Waals surface area contributed by atoms with Crippen LogP contribution in [0.4, 0.5) is 0 Å². The summed E-state index contributed by atoms with van der Waals surface area (Å²) in [5.74, 6) is -0.427. The fraction of sp³-hybridized carbons (Fsp3) is 0.704. The molecule has 0 aliphatic rings. The van der Waals surface area contributed by atoms with Gasteiger partial charge in [-0.3, -0.25) is 14.9 Å². The maximum absolute atomic E-state index is 12.2. The van der Waals surface area contributed by atoms with Crippen LogP contribution in [-0.4, -0.2) is 52.3 Å². The third-order valence-corrected chi connectivity index (χ3v) is 5.91. The number of unbranched alkanes of at least 4 members (excludes halogenated alkanes) is 8. The van der Waals surface area contributed by atoms with Crippen LogP contribution < -0.4 is 27.0 Å². The van der Waals surface area contributed by atoms with Crippen molar-refractivity contribution in [2.75, 3.05) is 40.5 Å². The van der Waals surface area contributed by atoms with E-state index in [-0.39, 0.29) is 5.91 Å². The second kappa shape index (κ2) is 21.3. The quantitative estimate of drug-likeness (QED) is 0.119. The molecule has 0 spiro atoms. The molecule has 0 radical (unpaired) electrons. The molecular formula is C27H49N5O3. The molecule has 0 aliphatic heterocycles. The number of hydrogen-bond donors (Lipinski definition) is 5. The Morgan fingerprint density at radius 2 is 1.34 bits per heavy atom. The van der Waals surface area contributed by atoms with Crippen LogP contribution in [0.3, 0.4) is 0 Å². The van der Waals surface area contributed by atoms with Crippen molar-refractivity contribution in [1.82, 2.24) is 21.3 Å². The summed E-state index contributed by atoms with van der Waals surface area (Å²) in [5, 5.41) is 12.5. The van der Waals surface area contributed by atoms with Crippen molar-refractivity contribution >= 4 is 11.8 Å². The van der Waals surface area contributed by atoms with Gasteiger partial charge in [-0.25, -0.2) is 0 Å². The van der Waals surface area contributed by atoms with Crippen LogP contribution in [0.15, 0.2) is 18.2 Å². The van der Waals surface area contributed by atoms with E-state index in [9.17, 15) is 9.59 Å². The first kappa shape index (κ1) is 31.0. The van der Waals surface area contributed by atoms with Gasteiger partial charge in [0.15, 0.2) is 0 Å². The van der Waals surface area contributed by atoms with Crippen LogP contribution in [0.2, 0.25) is 0 Å². The predicted molar refractivity (Wildman–Crippen MR) is 143 cm³/mol. The van der Waals surface area contributed by atoms with Gasteiger partial charge in [0.25, 0.3) is 0 Å². The second-order valence-electron chi connectivity index (χ2n) is 9.15. The van der Waals surface area contributed by atoms with E-state index in [2.05, 4.69) is 21.3 Å². The van der Waals surface area contributed by atoms with E-state index in [0.29, 0.717) is 31.8 Å². The largest absolute Gasteiger partial charge is 0.366 e. The Kier molecular flexibility index (Phi) is 18.9. The van der Waals surface area contributed by atoms with E-state index in [1.54, 1.807) is 12.1 Å². The number of ether oxygens (including phenoxy) is 1. The zero-order valence-electron chi connectivity index (χ0n) is 22.1. The molecule has 200 valence electrons. The Morgan fingerprint density at radius 3 is 1.97 bits per heavy atom. The molecule has 8 heteroatoms. The Balaban J connectivity index is 2.28. The Bertz CT molecular complexity index is 699. The lowest BCUT2D eigenvalue weighted by molar-refractivity contribution is -0.121. The summed E-state index contributed by atoms with van der Waals surface area (Å²) >= 11 is 0. The van der Waals surface area contributed by atoms with Crippen molar-refractivity contribution in [3.8, 4) is 0 Å². The lowest BCUT2D eigenvalue weighted by Gasteiger charge is -2.11. The first-order valence-electron chi connectivity index (χ1n) is 13.3. The molecule has 1 rings (SSSR count). The van der Waals surface area contributed by atoms with Gasteiger partial charge in [-0.2, -0.15) is 0 Å². The highest BCUT2D eigenvalue weighted by Gasteiger charge is 2.08. The van der Waals surface area contributed by atoms with Gasteiger partial charge in [-0.05, 0) is 76.1 Å². The van der Waals surface area contributed by atoms with Crippen molar-refractivity contribution in [2.45, 2.75) is 83.7 Å². The van der Waals surface area contributed by atoms with Gasteiger partial charge in [0.05, 0.1) is 6.73 Å². The number of rotatable bonds is 23. The average Bonchev–Trinajstić information content (AvgIpc) is 2.85. The molecule has 0 aliphatic carbocycles. The maximum atomic E-state index is 12.2. The smallest absolute Gasteiger partial charge is 0.248 e. The highest BCUT2D eigenvalue weighted by atomic mass is 16.5. The summed E-state index contributed by atoms with van der Waals surface area (Å²) in [6.07, 6.45) is 12.0. The lowest BCUT2D eigenvalue weighted by atomic mass is 10.0. The normalized spacial score (nSPS) is 11.0. The minimum absolute atomic E-state index is 0.0415. The van der Waals surface area contributed by atoms with Gasteiger partial charge in [0, 0.05) is 31.7 Å². The maximum Gasteiger partial charge on any atom is 0.248 e. The van der Waals surface area contributed by atoms with Gasteiger partial charge in [0.1, 0.15) is 0 Å². The zero-order chi connectivity index (χ0) is 25.6. The predicted octanol–water partition coefficient (Wildman–Crippen LogP) is 3.20. The molecule has 6 N–H and O–H groups in total. The number of nitrogens with two attached hydrogens (primary N) is 1. The van der Waals surface area contributed by atoms with Crippen molar-refractivity contribution in [3.63, 3.8) is 0 Å².